The van der Waals surface area contributed by atoms with Crippen molar-refractivity contribution in [3.63, 3.8) is 0 Å². The zero-order chi connectivity index (χ0) is 15.5. The summed E-state index contributed by atoms with van der Waals surface area (Å²) >= 11 is 1.29. The van der Waals surface area contributed by atoms with E-state index in [9.17, 15) is 8.42 Å². The van der Waals surface area contributed by atoms with Crippen LogP contribution in [0.4, 0.5) is 0 Å². The van der Waals surface area contributed by atoms with Gasteiger partial charge in [-0.1, -0.05) is 20.8 Å². The molecule has 2 heterocycles. The van der Waals surface area contributed by atoms with Crippen molar-refractivity contribution >= 4 is 21.4 Å². The molecule has 21 heavy (non-hydrogen) atoms. The van der Waals surface area contributed by atoms with Crippen LogP contribution in [-0.2, 0) is 22.9 Å². The first-order valence-corrected chi connectivity index (χ1v) is 9.13. The van der Waals surface area contributed by atoms with Gasteiger partial charge in [-0.15, -0.1) is 21.5 Å². The molecule has 0 spiro atoms. The van der Waals surface area contributed by atoms with Crippen LogP contribution < -0.4 is 4.72 Å². The second-order valence-corrected chi connectivity index (χ2v) is 8.07. The van der Waals surface area contributed by atoms with E-state index in [-0.39, 0.29) is 12.5 Å². The zero-order valence-corrected chi connectivity index (χ0v) is 13.9. The van der Waals surface area contributed by atoms with Crippen LogP contribution in [-0.4, -0.2) is 25.2 Å². The summed E-state index contributed by atoms with van der Waals surface area (Å²) in [6.45, 7) is 6.16. The van der Waals surface area contributed by atoms with E-state index < -0.39 is 10.0 Å². The van der Waals surface area contributed by atoms with Gasteiger partial charge in [0.1, 0.15) is 4.21 Å². The molecule has 0 aliphatic heterocycles. The average molecular weight is 329 g/mol. The molecule has 2 aromatic heterocycles. The predicted molar refractivity (Wildman–Crippen MR) is 81.0 cm³/mol. The molecule has 0 aliphatic carbocycles. The van der Waals surface area contributed by atoms with Gasteiger partial charge < -0.3 is 4.42 Å². The highest BCUT2D eigenvalue weighted by Crippen LogP contribution is 2.21. The van der Waals surface area contributed by atoms with E-state index in [4.69, 9.17) is 4.42 Å². The highest BCUT2D eigenvalue weighted by molar-refractivity contribution is 7.91. The number of aromatic nitrogens is 2. The van der Waals surface area contributed by atoms with Gasteiger partial charge >= 0.3 is 0 Å². The smallest absolute Gasteiger partial charge is 0.250 e. The largest absolute Gasteiger partial charge is 0.425 e. The lowest BCUT2D eigenvalue weighted by atomic mass is 10.2. The van der Waals surface area contributed by atoms with Crippen LogP contribution >= 0.6 is 11.3 Å². The molecule has 0 saturated heterocycles. The molecule has 0 saturated carbocycles. The van der Waals surface area contributed by atoms with Gasteiger partial charge in [-0.3, -0.25) is 0 Å². The molecule has 0 bridgehead atoms. The highest BCUT2D eigenvalue weighted by Gasteiger charge is 2.17. The van der Waals surface area contributed by atoms with Crippen LogP contribution in [0, 0.1) is 0 Å². The van der Waals surface area contributed by atoms with E-state index in [2.05, 4.69) is 14.9 Å². The van der Waals surface area contributed by atoms with E-state index >= 15 is 0 Å². The zero-order valence-electron chi connectivity index (χ0n) is 12.3. The van der Waals surface area contributed by atoms with Gasteiger partial charge in [0.2, 0.25) is 21.8 Å². The lowest BCUT2D eigenvalue weighted by Crippen LogP contribution is -2.25. The molecular formula is C13H19N3O3S2. The molecule has 6 nitrogen and oxygen atoms in total. The summed E-state index contributed by atoms with van der Waals surface area (Å²) in [7, 11) is -3.45. The number of nitrogens with zero attached hydrogens (tertiary/aromatic N) is 2. The average Bonchev–Trinajstić information content (AvgIpc) is 3.07. The molecule has 0 amide bonds. The molecule has 1 N–H and O–H groups in total. The SMILES string of the molecule is CCc1ccc(S(=O)(=O)NCCc2nnc(C(C)C)o2)s1. The Morgan fingerprint density at radius 1 is 1.33 bits per heavy atom. The molecule has 0 fully saturated rings. The van der Waals surface area contributed by atoms with Crippen molar-refractivity contribution in [1.29, 1.82) is 0 Å². The summed E-state index contributed by atoms with van der Waals surface area (Å²) in [6.07, 6.45) is 1.21. The van der Waals surface area contributed by atoms with Gasteiger partial charge in [0, 0.05) is 23.8 Å². The molecular weight excluding hydrogens is 310 g/mol. The Labute approximate surface area is 128 Å². The fourth-order valence-electron chi connectivity index (χ4n) is 1.66. The first-order valence-electron chi connectivity index (χ1n) is 6.83. The van der Waals surface area contributed by atoms with Gasteiger partial charge in [0.25, 0.3) is 0 Å². The fraction of sp³-hybridized carbons (Fsp3) is 0.538. The molecule has 0 aromatic carbocycles. The third-order valence-corrected chi connectivity index (χ3v) is 6.04. The van der Waals surface area contributed by atoms with Crippen LogP contribution in [0.5, 0.6) is 0 Å². The minimum absolute atomic E-state index is 0.168. The van der Waals surface area contributed by atoms with E-state index in [0.717, 1.165) is 11.3 Å². The fourth-order valence-corrected chi connectivity index (χ4v) is 4.03. The summed E-state index contributed by atoms with van der Waals surface area (Å²) in [6, 6.07) is 3.47. The maximum absolute atomic E-state index is 12.1. The Hall–Kier alpha value is -1.25. The molecule has 0 atom stereocenters. The van der Waals surface area contributed by atoms with Gasteiger partial charge in [-0.2, -0.15) is 0 Å². The lowest BCUT2D eigenvalue weighted by Gasteiger charge is -2.02. The molecule has 0 aliphatic rings. The Kier molecular flexibility index (Phi) is 5.13. The second kappa shape index (κ2) is 6.67. The second-order valence-electron chi connectivity index (χ2n) is 4.91. The molecule has 0 unspecified atom stereocenters. The number of nitrogens with one attached hydrogen (secondary N) is 1. The molecule has 8 heteroatoms. The molecule has 2 rings (SSSR count). The van der Waals surface area contributed by atoms with E-state index in [1.54, 1.807) is 6.07 Å². The number of thiophene rings is 1. The summed E-state index contributed by atoms with van der Waals surface area (Å²) in [5, 5.41) is 7.81. The first-order chi connectivity index (χ1) is 9.92. The summed E-state index contributed by atoms with van der Waals surface area (Å²) in [4.78, 5) is 1.05. The van der Waals surface area contributed by atoms with Gasteiger partial charge in [0.05, 0.1) is 0 Å². The first kappa shape index (κ1) is 16.1. The van der Waals surface area contributed by atoms with Crippen molar-refractivity contribution in [3.8, 4) is 0 Å². The lowest BCUT2D eigenvalue weighted by molar-refractivity contribution is 0.431. The van der Waals surface area contributed by atoms with E-state index in [0.29, 0.717) is 22.4 Å². The van der Waals surface area contributed by atoms with Crippen molar-refractivity contribution in [2.45, 2.75) is 43.7 Å². The standard InChI is InChI=1S/C13H19N3O3S2/c1-4-10-5-6-12(20-10)21(17,18)14-8-7-11-15-16-13(19-11)9(2)3/h5-6,9,14H,4,7-8H2,1-3H3. The van der Waals surface area contributed by atoms with Crippen LogP contribution in [0.1, 0.15) is 43.3 Å². The van der Waals surface area contributed by atoms with Crippen LogP contribution in [0.2, 0.25) is 0 Å². The third-order valence-electron chi connectivity index (χ3n) is 2.86. The Morgan fingerprint density at radius 3 is 2.67 bits per heavy atom. The molecule has 116 valence electrons. The molecule has 0 radical (unpaired) electrons. The topological polar surface area (TPSA) is 85.1 Å². The van der Waals surface area contributed by atoms with E-state index in [1.807, 2.05) is 26.8 Å². The minimum atomic E-state index is -3.45. The van der Waals surface area contributed by atoms with Crippen molar-refractivity contribution in [3.05, 3.63) is 28.8 Å². The summed E-state index contributed by atoms with van der Waals surface area (Å²) in [5.41, 5.74) is 0. The van der Waals surface area contributed by atoms with Crippen molar-refractivity contribution in [2.75, 3.05) is 6.54 Å². The number of sulfonamides is 1. The van der Waals surface area contributed by atoms with Crippen molar-refractivity contribution in [2.24, 2.45) is 0 Å². The number of rotatable bonds is 7. The van der Waals surface area contributed by atoms with Crippen LogP contribution in [0.15, 0.2) is 20.8 Å². The maximum Gasteiger partial charge on any atom is 0.250 e. The van der Waals surface area contributed by atoms with Gasteiger partial charge in [0.15, 0.2) is 0 Å². The Bertz CT molecular complexity index is 689. The van der Waals surface area contributed by atoms with Crippen molar-refractivity contribution in [1.82, 2.24) is 14.9 Å². The maximum atomic E-state index is 12.1. The summed E-state index contributed by atoms with van der Waals surface area (Å²) in [5.74, 6) is 1.18. The van der Waals surface area contributed by atoms with Crippen LogP contribution in [0.25, 0.3) is 0 Å². The molecule has 2 aromatic rings. The summed E-state index contributed by atoms with van der Waals surface area (Å²) < 4.78 is 32.5. The van der Waals surface area contributed by atoms with Crippen molar-refractivity contribution < 1.29 is 12.8 Å². The number of aryl methyl sites for hydroxylation is 1. The normalized spacial score (nSPS) is 12.2. The highest BCUT2D eigenvalue weighted by atomic mass is 32.2. The van der Waals surface area contributed by atoms with Gasteiger partial charge in [-0.25, -0.2) is 13.1 Å². The quantitative estimate of drug-likeness (QED) is 0.842. The number of hydrogen-bond acceptors (Lipinski definition) is 6. The van der Waals surface area contributed by atoms with Gasteiger partial charge in [-0.05, 0) is 18.6 Å². The Morgan fingerprint density at radius 2 is 2.10 bits per heavy atom. The number of hydrogen-bond donors (Lipinski definition) is 1. The van der Waals surface area contributed by atoms with Crippen LogP contribution in [0.3, 0.4) is 0 Å². The minimum Gasteiger partial charge on any atom is -0.425 e. The predicted octanol–water partition coefficient (Wildman–Crippen LogP) is 2.34. The Balaban J connectivity index is 1.92. The monoisotopic (exact) mass is 329 g/mol. The van der Waals surface area contributed by atoms with E-state index in [1.165, 1.54) is 11.3 Å². The third kappa shape index (κ3) is 4.12.